The van der Waals surface area contributed by atoms with E-state index in [1.54, 1.807) is 6.20 Å². The molecule has 0 saturated carbocycles. The highest BCUT2D eigenvalue weighted by molar-refractivity contribution is 6.07. The van der Waals surface area contributed by atoms with E-state index in [1.165, 1.54) is 0 Å². The van der Waals surface area contributed by atoms with Crippen LogP contribution in [0.1, 0.15) is 22.8 Å². The smallest absolute Gasteiger partial charge is 0.254 e. The largest absolute Gasteiger partial charge is 0.336 e. The number of carbonyl (C=O) groups excluding carboxylic acids is 1. The Labute approximate surface area is 128 Å². The molecule has 1 saturated heterocycles. The van der Waals surface area contributed by atoms with Crippen molar-refractivity contribution in [2.45, 2.75) is 12.5 Å². The molecule has 2 aromatic carbocycles. The first kappa shape index (κ1) is 13.0. The molecule has 1 aliphatic heterocycles. The predicted octanol–water partition coefficient (Wildman–Crippen LogP) is 2.52. The number of hydrogen-bond acceptors (Lipinski definition) is 3. The second-order valence-corrected chi connectivity index (χ2v) is 5.60. The van der Waals surface area contributed by atoms with Gasteiger partial charge in [0.25, 0.3) is 5.91 Å². The molecule has 0 radical (unpaired) electrons. The number of hydrogen-bond donors (Lipinski definition) is 0. The SMILES string of the molecule is O=C(c1cccc2ccccc12)N1CCC(n2ccnn2)C1. The number of rotatable bonds is 2. The maximum Gasteiger partial charge on any atom is 0.254 e. The lowest BCUT2D eigenvalue weighted by molar-refractivity contribution is 0.0789. The summed E-state index contributed by atoms with van der Waals surface area (Å²) >= 11 is 0. The monoisotopic (exact) mass is 292 g/mol. The van der Waals surface area contributed by atoms with E-state index in [-0.39, 0.29) is 11.9 Å². The van der Waals surface area contributed by atoms with Gasteiger partial charge in [-0.15, -0.1) is 5.10 Å². The third-order valence-corrected chi connectivity index (χ3v) is 4.29. The van der Waals surface area contributed by atoms with Crippen LogP contribution in [0.5, 0.6) is 0 Å². The van der Waals surface area contributed by atoms with E-state index in [4.69, 9.17) is 0 Å². The fourth-order valence-electron chi connectivity index (χ4n) is 3.14. The molecule has 0 N–H and O–H groups in total. The minimum atomic E-state index is 0.0967. The Morgan fingerprint density at radius 2 is 2.00 bits per heavy atom. The summed E-state index contributed by atoms with van der Waals surface area (Å²) in [5.41, 5.74) is 0.775. The molecule has 5 nitrogen and oxygen atoms in total. The number of aromatic nitrogens is 3. The van der Waals surface area contributed by atoms with Crippen molar-refractivity contribution in [2.75, 3.05) is 13.1 Å². The van der Waals surface area contributed by atoms with Crippen molar-refractivity contribution in [3.8, 4) is 0 Å². The van der Waals surface area contributed by atoms with E-state index in [0.29, 0.717) is 6.54 Å². The minimum absolute atomic E-state index is 0.0967. The molecule has 1 aliphatic rings. The summed E-state index contributed by atoms with van der Waals surface area (Å²) in [7, 11) is 0. The molecule has 110 valence electrons. The summed E-state index contributed by atoms with van der Waals surface area (Å²) in [5.74, 6) is 0.0967. The van der Waals surface area contributed by atoms with Crippen LogP contribution < -0.4 is 0 Å². The lowest BCUT2D eigenvalue weighted by Gasteiger charge is -2.17. The number of carbonyl (C=O) groups is 1. The molecule has 0 aliphatic carbocycles. The van der Waals surface area contributed by atoms with E-state index in [2.05, 4.69) is 10.3 Å². The third-order valence-electron chi connectivity index (χ3n) is 4.29. The van der Waals surface area contributed by atoms with Crippen LogP contribution in [0.25, 0.3) is 10.8 Å². The van der Waals surface area contributed by atoms with Crippen molar-refractivity contribution in [2.24, 2.45) is 0 Å². The lowest BCUT2D eigenvalue weighted by Crippen LogP contribution is -2.29. The number of likely N-dealkylation sites (tertiary alicyclic amines) is 1. The van der Waals surface area contributed by atoms with Gasteiger partial charge in [-0.2, -0.15) is 0 Å². The quantitative estimate of drug-likeness (QED) is 0.729. The van der Waals surface area contributed by atoms with Crippen LogP contribution in [-0.4, -0.2) is 38.9 Å². The zero-order valence-corrected chi connectivity index (χ0v) is 12.1. The fourth-order valence-corrected chi connectivity index (χ4v) is 3.14. The second-order valence-electron chi connectivity index (χ2n) is 5.60. The molecule has 22 heavy (non-hydrogen) atoms. The van der Waals surface area contributed by atoms with E-state index in [1.807, 2.05) is 58.2 Å². The van der Waals surface area contributed by atoms with Crippen molar-refractivity contribution in [3.63, 3.8) is 0 Å². The van der Waals surface area contributed by atoms with Crippen molar-refractivity contribution >= 4 is 16.7 Å². The van der Waals surface area contributed by atoms with Crippen LogP contribution in [0, 0.1) is 0 Å². The van der Waals surface area contributed by atoms with Crippen LogP contribution in [0.15, 0.2) is 54.9 Å². The Bertz CT molecular complexity index is 807. The van der Waals surface area contributed by atoms with Crippen molar-refractivity contribution in [1.82, 2.24) is 19.9 Å². The maximum absolute atomic E-state index is 12.9. The molecule has 1 atom stereocenters. The standard InChI is InChI=1S/C17H16N4O/c22-17(16-7-3-5-13-4-1-2-6-15(13)16)20-10-8-14(12-20)21-11-9-18-19-21/h1-7,9,11,14H,8,10,12H2. The van der Waals surface area contributed by atoms with Gasteiger partial charge in [0, 0.05) is 24.8 Å². The molecule has 1 fully saturated rings. The first-order chi connectivity index (χ1) is 10.8. The van der Waals surface area contributed by atoms with Crippen molar-refractivity contribution in [3.05, 3.63) is 60.4 Å². The lowest BCUT2D eigenvalue weighted by atomic mass is 10.0. The molecule has 3 aromatic rings. The highest BCUT2D eigenvalue weighted by Gasteiger charge is 2.29. The molecule has 0 bridgehead atoms. The number of nitrogens with zero attached hydrogens (tertiary/aromatic N) is 4. The molecule has 1 aromatic heterocycles. The van der Waals surface area contributed by atoms with Crippen LogP contribution in [0.4, 0.5) is 0 Å². The zero-order valence-electron chi connectivity index (χ0n) is 12.1. The normalized spacial score (nSPS) is 18.0. The van der Waals surface area contributed by atoms with E-state index < -0.39 is 0 Å². The average Bonchev–Trinajstić information content (AvgIpc) is 3.24. The van der Waals surface area contributed by atoms with Gasteiger partial charge in [-0.1, -0.05) is 41.6 Å². The highest BCUT2D eigenvalue weighted by atomic mass is 16.2. The molecular formula is C17H16N4O. The van der Waals surface area contributed by atoms with Gasteiger partial charge >= 0.3 is 0 Å². The first-order valence-corrected chi connectivity index (χ1v) is 7.46. The van der Waals surface area contributed by atoms with Crippen LogP contribution in [0.2, 0.25) is 0 Å². The van der Waals surface area contributed by atoms with Crippen LogP contribution in [-0.2, 0) is 0 Å². The van der Waals surface area contributed by atoms with E-state index in [0.717, 1.165) is 29.3 Å². The average molecular weight is 292 g/mol. The number of amides is 1. The maximum atomic E-state index is 12.9. The topological polar surface area (TPSA) is 51.0 Å². The van der Waals surface area contributed by atoms with Gasteiger partial charge in [0.1, 0.15) is 0 Å². The van der Waals surface area contributed by atoms with Crippen LogP contribution in [0.3, 0.4) is 0 Å². The van der Waals surface area contributed by atoms with Crippen LogP contribution >= 0.6 is 0 Å². The number of benzene rings is 2. The first-order valence-electron chi connectivity index (χ1n) is 7.46. The Morgan fingerprint density at radius 1 is 1.14 bits per heavy atom. The summed E-state index contributed by atoms with van der Waals surface area (Å²) in [6.45, 7) is 1.44. The van der Waals surface area contributed by atoms with Gasteiger partial charge in [-0.25, -0.2) is 4.68 Å². The van der Waals surface area contributed by atoms with Crippen molar-refractivity contribution < 1.29 is 4.79 Å². The summed E-state index contributed by atoms with van der Waals surface area (Å²) in [6, 6.07) is 14.1. The molecule has 4 rings (SSSR count). The van der Waals surface area contributed by atoms with Gasteiger partial charge in [-0.05, 0) is 23.3 Å². The summed E-state index contributed by atoms with van der Waals surface area (Å²) in [5, 5.41) is 10.00. The summed E-state index contributed by atoms with van der Waals surface area (Å²) in [6.07, 6.45) is 4.45. The molecule has 1 unspecified atom stereocenters. The molecule has 2 heterocycles. The minimum Gasteiger partial charge on any atom is -0.336 e. The molecule has 0 spiro atoms. The molecule has 1 amide bonds. The fraction of sp³-hybridized carbons (Fsp3) is 0.235. The highest BCUT2D eigenvalue weighted by Crippen LogP contribution is 2.25. The Kier molecular flexibility index (Phi) is 3.11. The van der Waals surface area contributed by atoms with Gasteiger partial charge < -0.3 is 4.90 Å². The predicted molar refractivity (Wildman–Crippen MR) is 83.5 cm³/mol. The Balaban J connectivity index is 1.62. The molecule has 5 heteroatoms. The third kappa shape index (κ3) is 2.15. The Morgan fingerprint density at radius 3 is 2.86 bits per heavy atom. The zero-order chi connectivity index (χ0) is 14.9. The van der Waals surface area contributed by atoms with E-state index in [9.17, 15) is 4.79 Å². The Hall–Kier alpha value is -2.69. The van der Waals surface area contributed by atoms with Gasteiger partial charge in [0.05, 0.1) is 12.2 Å². The second kappa shape index (κ2) is 5.26. The summed E-state index contributed by atoms with van der Waals surface area (Å²) in [4.78, 5) is 14.8. The number of fused-ring (bicyclic) bond motifs is 1. The molecular weight excluding hydrogens is 276 g/mol. The summed E-state index contributed by atoms with van der Waals surface area (Å²) < 4.78 is 1.84. The van der Waals surface area contributed by atoms with Gasteiger partial charge in [0.15, 0.2) is 0 Å². The van der Waals surface area contributed by atoms with E-state index >= 15 is 0 Å². The van der Waals surface area contributed by atoms with Crippen molar-refractivity contribution in [1.29, 1.82) is 0 Å². The van der Waals surface area contributed by atoms with Gasteiger partial charge in [-0.3, -0.25) is 4.79 Å². The van der Waals surface area contributed by atoms with Gasteiger partial charge in [0.2, 0.25) is 0 Å².